The summed E-state index contributed by atoms with van der Waals surface area (Å²) >= 11 is 0. The molecule has 0 saturated heterocycles. The molecule has 0 aliphatic heterocycles. The Morgan fingerprint density at radius 2 is 1.36 bits per heavy atom. The van der Waals surface area contributed by atoms with Crippen molar-refractivity contribution < 1.29 is 0 Å². The van der Waals surface area contributed by atoms with Crippen molar-refractivity contribution in [3.63, 3.8) is 0 Å². The quantitative estimate of drug-likeness (QED) is 0.347. The molecule has 6 atom stereocenters. The molecule has 4 saturated carbocycles. The molecule has 1 heteroatoms. The first-order valence-corrected chi connectivity index (χ1v) is 14.9. The molecule has 4 rings (SSSR count). The van der Waals surface area contributed by atoms with Crippen LogP contribution in [0.25, 0.3) is 0 Å². The molecule has 0 aromatic carbocycles. The predicted molar refractivity (Wildman–Crippen MR) is 113 cm³/mol. The minimum absolute atomic E-state index is 1.03. The lowest BCUT2D eigenvalue weighted by molar-refractivity contribution is 0.184. The number of hydrogen-bond acceptors (Lipinski definition) is 0. The average molecular weight is 359 g/mol. The highest BCUT2D eigenvalue weighted by Crippen LogP contribution is 2.65. The van der Waals surface area contributed by atoms with Gasteiger partial charge in [0.1, 0.15) is 0 Å². The Morgan fingerprint density at radius 1 is 0.800 bits per heavy atom. The summed E-state index contributed by atoms with van der Waals surface area (Å²) in [6, 6.07) is 0. The van der Waals surface area contributed by atoms with E-state index in [-0.39, 0.29) is 0 Å². The third-order valence-electron chi connectivity index (χ3n) is 9.45. The molecular weight excluding hydrogens is 316 g/mol. The molecule has 0 amide bonds. The van der Waals surface area contributed by atoms with Crippen molar-refractivity contribution in [2.75, 3.05) is 0 Å². The normalized spacial score (nSPS) is 44.3. The Bertz CT molecular complexity index is 445. The summed E-state index contributed by atoms with van der Waals surface area (Å²) in [4.78, 5) is 0. The van der Waals surface area contributed by atoms with Gasteiger partial charge in [-0.1, -0.05) is 70.5 Å². The van der Waals surface area contributed by atoms with Crippen LogP contribution in [0, 0.1) is 29.6 Å². The Kier molecular flexibility index (Phi) is 5.52. The largest absolute Gasteiger partial charge is 0.103 e. The van der Waals surface area contributed by atoms with Crippen LogP contribution in [0.2, 0.25) is 24.2 Å². The summed E-state index contributed by atoms with van der Waals surface area (Å²) in [5, 5.41) is 0. The van der Waals surface area contributed by atoms with Crippen LogP contribution in [0.15, 0.2) is 12.7 Å². The number of hydrogen-bond donors (Lipinski definition) is 0. The van der Waals surface area contributed by atoms with Gasteiger partial charge in [0.05, 0.1) is 8.07 Å². The highest BCUT2D eigenvalue weighted by molar-refractivity contribution is 6.80. The minimum atomic E-state index is -1.16. The zero-order valence-electron chi connectivity index (χ0n) is 17.0. The van der Waals surface area contributed by atoms with E-state index in [9.17, 15) is 0 Å². The SMILES string of the molecule is C=CCCC1CCC([Si](C)(C)C2C3CCCCC3C3CCCCC32)C1. The van der Waals surface area contributed by atoms with Gasteiger partial charge in [0.25, 0.3) is 0 Å². The zero-order chi connectivity index (χ0) is 17.4. The maximum absolute atomic E-state index is 3.95. The highest BCUT2D eigenvalue weighted by Gasteiger charge is 2.58. The van der Waals surface area contributed by atoms with Crippen LogP contribution in [0.3, 0.4) is 0 Å². The van der Waals surface area contributed by atoms with E-state index in [1.165, 1.54) is 24.8 Å². The van der Waals surface area contributed by atoms with Gasteiger partial charge >= 0.3 is 0 Å². The van der Waals surface area contributed by atoms with Crippen molar-refractivity contribution >= 4 is 8.07 Å². The van der Waals surface area contributed by atoms with E-state index >= 15 is 0 Å². The van der Waals surface area contributed by atoms with Gasteiger partial charge in [0.2, 0.25) is 0 Å². The van der Waals surface area contributed by atoms with Gasteiger partial charge in [-0.05, 0) is 72.8 Å². The van der Waals surface area contributed by atoms with E-state index in [1.807, 2.05) is 0 Å². The molecule has 0 radical (unpaired) electrons. The van der Waals surface area contributed by atoms with E-state index in [0.717, 1.165) is 35.1 Å². The average Bonchev–Trinajstić information content (AvgIpc) is 3.23. The molecule has 0 nitrogen and oxygen atoms in total. The molecular formula is C24H42Si. The molecule has 4 aliphatic carbocycles. The minimum Gasteiger partial charge on any atom is -0.103 e. The van der Waals surface area contributed by atoms with Gasteiger partial charge in [-0.3, -0.25) is 0 Å². The molecule has 0 heterocycles. The van der Waals surface area contributed by atoms with Crippen molar-refractivity contribution in [1.29, 1.82) is 0 Å². The van der Waals surface area contributed by atoms with Crippen LogP contribution in [-0.4, -0.2) is 8.07 Å². The van der Waals surface area contributed by atoms with Crippen LogP contribution in [0.4, 0.5) is 0 Å². The summed E-state index contributed by atoms with van der Waals surface area (Å²) in [5.41, 5.74) is 2.32. The molecule has 4 aliphatic rings. The first-order valence-electron chi connectivity index (χ1n) is 11.7. The standard InChI is InChI=1S/C24H42Si/c1-4-5-10-18-15-16-19(17-18)25(2,3)24-22-13-8-6-11-20(22)21-12-7-9-14-23(21)24/h4,18-24H,1,5-17H2,2-3H3. The molecule has 0 bridgehead atoms. The lowest BCUT2D eigenvalue weighted by Crippen LogP contribution is -2.43. The van der Waals surface area contributed by atoms with Crippen molar-refractivity contribution in [3.05, 3.63) is 12.7 Å². The molecule has 6 unspecified atom stereocenters. The number of rotatable bonds is 5. The second kappa shape index (κ2) is 7.53. The van der Waals surface area contributed by atoms with Gasteiger partial charge in [0, 0.05) is 0 Å². The molecule has 0 aromatic rings. The topological polar surface area (TPSA) is 0 Å². The van der Waals surface area contributed by atoms with Crippen LogP contribution in [0.5, 0.6) is 0 Å². The van der Waals surface area contributed by atoms with Gasteiger partial charge in [-0.25, -0.2) is 0 Å². The molecule has 142 valence electrons. The van der Waals surface area contributed by atoms with Crippen LogP contribution in [-0.2, 0) is 0 Å². The lowest BCUT2D eigenvalue weighted by Gasteiger charge is -2.44. The van der Waals surface area contributed by atoms with Crippen molar-refractivity contribution in [2.24, 2.45) is 29.6 Å². The van der Waals surface area contributed by atoms with E-state index in [2.05, 4.69) is 25.7 Å². The first-order chi connectivity index (χ1) is 12.1. The summed E-state index contributed by atoms with van der Waals surface area (Å²) in [7, 11) is -1.16. The fourth-order valence-corrected chi connectivity index (χ4v) is 13.8. The van der Waals surface area contributed by atoms with Crippen LogP contribution in [0.1, 0.15) is 83.5 Å². The predicted octanol–water partition coefficient (Wildman–Crippen LogP) is 7.83. The maximum Gasteiger partial charge on any atom is 0.0541 e. The Balaban J connectivity index is 1.52. The fourth-order valence-electron chi connectivity index (χ4n) is 8.39. The smallest absolute Gasteiger partial charge is 0.0541 e. The molecule has 0 N–H and O–H groups in total. The van der Waals surface area contributed by atoms with E-state index in [4.69, 9.17) is 0 Å². The number of fused-ring (bicyclic) bond motifs is 3. The Morgan fingerprint density at radius 3 is 1.92 bits per heavy atom. The second-order valence-electron chi connectivity index (χ2n) is 10.8. The lowest BCUT2D eigenvalue weighted by atomic mass is 9.73. The third-order valence-corrected chi connectivity index (χ3v) is 14.7. The van der Waals surface area contributed by atoms with E-state index in [1.54, 1.807) is 64.2 Å². The summed E-state index contributed by atoms with van der Waals surface area (Å²) in [5.74, 6) is 5.62. The molecule has 0 spiro atoms. The summed E-state index contributed by atoms with van der Waals surface area (Å²) in [6.07, 6.45) is 22.1. The Labute approximate surface area is 158 Å². The summed E-state index contributed by atoms with van der Waals surface area (Å²) in [6.45, 7) is 9.65. The Hall–Kier alpha value is -0.0431. The maximum atomic E-state index is 3.95. The third kappa shape index (κ3) is 3.32. The van der Waals surface area contributed by atoms with E-state index in [0.29, 0.717) is 0 Å². The second-order valence-corrected chi connectivity index (χ2v) is 15.9. The van der Waals surface area contributed by atoms with Crippen molar-refractivity contribution in [1.82, 2.24) is 0 Å². The fraction of sp³-hybridized carbons (Fsp3) is 0.917. The van der Waals surface area contributed by atoms with E-state index < -0.39 is 8.07 Å². The van der Waals surface area contributed by atoms with Gasteiger partial charge in [-0.15, -0.1) is 6.58 Å². The summed E-state index contributed by atoms with van der Waals surface area (Å²) < 4.78 is 0. The zero-order valence-corrected chi connectivity index (χ0v) is 18.0. The van der Waals surface area contributed by atoms with Crippen molar-refractivity contribution in [3.8, 4) is 0 Å². The first kappa shape index (κ1) is 18.3. The molecule has 25 heavy (non-hydrogen) atoms. The van der Waals surface area contributed by atoms with Gasteiger partial charge in [-0.2, -0.15) is 0 Å². The molecule has 0 aromatic heterocycles. The monoisotopic (exact) mass is 358 g/mol. The van der Waals surface area contributed by atoms with Crippen molar-refractivity contribution in [2.45, 2.75) is 108 Å². The number of allylic oxidation sites excluding steroid dienone is 1. The van der Waals surface area contributed by atoms with Crippen LogP contribution < -0.4 is 0 Å². The van der Waals surface area contributed by atoms with Crippen LogP contribution >= 0.6 is 0 Å². The van der Waals surface area contributed by atoms with Gasteiger partial charge < -0.3 is 0 Å². The molecule has 4 fully saturated rings. The van der Waals surface area contributed by atoms with Gasteiger partial charge in [0.15, 0.2) is 0 Å². The highest BCUT2D eigenvalue weighted by atomic mass is 28.3.